The SMILES string of the molecule is CCCn1c(SC(C)C(=O)NC2CCCCC2)nc2sc3c(c2c1=O)CCC3. The van der Waals surface area contributed by atoms with Crippen LogP contribution in [-0.4, -0.2) is 26.8 Å². The molecule has 5 nitrogen and oxygen atoms in total. The highest BCUT2D eigenvalue weighted by Crippen LogP contribution is 2.36. The quantitative estimate of drug-likeness (QED) is 0.560. The molecule has 0 aromatic carbocycles. The van der Waals surface area contributed by atoms with Gasteiger partial charge in [0.2, 0.25) is 5.91 Å². The van der Waals surface area contributed by atoms with Gasteiger partial charge in [-0.05, 0) is 51.0 Å². The zero-order chi connectivity index (χ0) is 19.7. The summed E-state index contributed by atoms with van der Waals surface area (Å²) in [5.74, 6) is 0.0583. The van der Waals surface area contributed by atoms with E-state index < -0.39 is 0 Å². The minimum Gasteiger partial charge on any atom is -0.352 e. The second-order valence-corrected chi connectivity index (χ2v) is 10.4. The first-order chi connectivity index (χ1) is 13.6. The van der Waals surface area contributed by atoms with Crippen molar-refractivity contribution in [1.29, 1.82) is 0 Å². The molecule has 0 saturated heterocycles. The van der Waals surface area contributed by atoms with Crippen molar-refractivity contribution >= 4 is 39.2 Å². The summed E-state index contributed by atoms with van der Waals surface area (Å²) in [6.45, 7) is 4.64. The number of carbonyl (C=O) groups excluding carboxylic acids is 1. The molecule has 1 saturated carbocycles. The standard InChI is InChI=1S/C21H29N3O2S2/c1-3-12-24-20(26)17-15-10-7-11-16(15)28-19(17)23-21(24)27-13(2)18(25)22-14-8-5-4-6-9-14/h13-14H,3-12H2,1-2H3,(H,22,25). The van der Waals surface area contributed by atoms with Gasteiger partial charge in [0.15, 0.2) is 5.16 Å². The van der Waals surface area contributed by atoms with Gasteiger partial charge in [-0.25, -0.2) is 4.98 Å². The van der Waals surface area contributed by atoms with Crippen molar-refractivity contribution in [2.24, 2.45) is 0 Å². The smallest absolute Gasteiger partial charge is 0.263 e. The van der Waals surface area contributed by atoms with Crippen LogP contribution < -0.4 is 10.9 Å². The summed E-state index contributed by atoms with van der Waals surface area (Å²) in [5, 5.41) is 4.45. The van der Waals surface area contributed by atoms with E-state index in [0.29, 0.717) is 17.7 Å². The molecule has 2 aromatic rings. The van der Waals surface area contributed by atoms with Crippen LogP contribution in [0.3, 0.4) is 0 Å². The fourth-order valence-electron chi connectivity index (χ4n) is 4.35. The molecule has 0 aliphatic heterocycles. The molecule has 0 bridgehead atoms. The van der Waals surface area contributed by atoms with E-state index >= 15 is 0 Å². The molecule has 1 N–H and O–H groups in total. The maximum atomic E-state index is 13.2. The number of hydrogen-bond donors (Lipinski definition) is 1. The lowest BCUT2D eigenvalue weighted by Crippen LogP contribution is -2.40. The van der Waals surface area contributed by atoms with Gasteiger partial charge < -0.3 is 5.32 Å². The van der Waals surface area contributed by atoms with Gasteiger partial charge in [-0.2, -0.15) is 0 Å². The van der Waals surface area contributed by atoms with Gasteiger partial charge in [0.25, 0.3) is 5.56 Å². The maximum absolute atomic E-state index is 13.2. The molecule has 2 aliphatic rings. The van der Waals surface area contributed by atoms with E-state index in [2.05, 4.69) is 12.2 Å². The monoisotopic (exact) mass is 419 g/mol. The Kier molecular flexibility index (Phi) is 6.11. The second-order valence-electron chi connectivity index (χ2n) is 7.99. The van der Waals surface area contributed by atoms with Crippen molar-refractivity contribution in [1.82, 2.24) is 14.9 Å². The van der Waals surface area contributed by atoms with Crippen molar-refractivity contribution in [3.63, 3.8) is 0 Å². The number of thioether (sulfide) groups is 1. The molecule has 2 aliphatic carbocycles. The van der Waals surface area contributed by atoms with Crippen LogP contribution in [0.25, 0.3) is 10.2 Å². The Morgan fingerprint density at radius 3 is 2.82 bits per heavy atom. The molecule has 28 heavy (non-hydrogen) atoms. The molecule has 1 atom stereocenters. The van der Waals surface area contributed by atoms with E-state index in [0.717, 1.165) is 48.7 Å². The predicted octanol–water partition coefficient (Wildman–Crippen LogP) is 4.29. The van der Waals surface area contributed by atoms with Crippen molar-refractivity contribution in [2.45, 2.75) is 94.6 Å². The number of rotatable bonds is 6. The number of nitrogens with zero attached hydrogens (tertiary/aromatic N) is 2. The number of aryl methyl sites for hydroxylation is 2. The highest BCUT2D eigenvalue weighted by molar-refractivity contribution is 8.00. The van der Waals surface area contributed by atoms with Gasteiger partial charge in [0.1, 0.15) is 4.83 Å². The third-order valence-electron chi connectivity index (χ3n) is 5.84. The second kappa shape index (κ2) is 8.57. The molecule has 7 heteroatoms. The Balaban J connectivity index is 1.59. The van der Waals surface area contributed by atoms with E-state index in [9.17, 15) is 9.59 Å². The molecule has 0 spiro atoms. The minimum atomic E-state index is -0.263. The lowest BCUT2D eigenvalue weighted by molar-refractivity contribution is -0.121. The summed E-state index contributed by atoms with van der Waals surface area (Å²) >= 11 is 3.09. The van der Waals surface area contributed by atoms with Gasteiger partial charge in [0.05, 0.1) is 10.6 Å². The average Bonchev–Trinajstić information content (AvgIpc) is 3.26. The van der Waals surface area contributed by atoms with Crippen molar-refractivity contribution in [3.05, 3.63) is 20.8 Å². The van der Waals surface area contributed by atoms with Crippen LogP contribution >= 0.6 is 23.1 Å². The molecule has 1 amide bonds. The molecule has 2 heterocycles. The molecule has 152 valence electrons. The van der Waals surface area contributed by atoms with E-state index in [1.807, 2.05) is 6.92 Å². The molecule has 1 fully saturated rings. The summed E-state index contributed by atoms with van der Waals surface area (Å²) in [4.78, 5) is 33.0. The lowest BCUT2D eigenvalue weighted by atomic mass is 9.95. The first-order valence-electron chi connectivity index (χ1n) is 10.6. The third kappa shape index (κ3) is 3.88. The van der Waals surface area contributed by atoms with Crippen LogP contribution in [0.1, 0.15) is 69.2 Å². The Morgan fingerprint density at radius 1 is 1.29 bits per heavy atom. The Hall–Kier alpha value is -1.34. The van der Waals surface area contributed by atoms with Crippen molar-refractivity contribution in [2.75, 3.05) is 0 Å². The van der Waals surface area contributed by atoms with Crippen LogP contribution in [0.4, 0.5) is 0 Å². The molecule has 4 rings (SSSR count). The summed E-state index contributed by atoms with van der Waals surface area (Å²) in [5.41, 5.74) is 1.30. The highest BCUT2D eigenvalue weighted by atomic mass is 32.2. The highest BCUT2D eigenvalue weighted by Gasteiger charge is 2.26. The number of amides is 1. The lowest BCUT2D eigenvalue weighted by Gasteiger charge is -2.24. The number of hydrogen-bond acceptors (Lipinski definition) is 5. The fourth-order valence-corrected chi connectivity index (χ4v) is 6.59. The van der Waals surface area contributed by atoms with Crippen molar-refractivity contribution < 1.29 is 4.79 Å². The largest absolute Gasteiger partial charge is 0.352 e. The normalized spacial score (nSPS) is 18.4. The number of aromatic nitrogens is 2. The Morgan fingerprint density at radius 2 is 2.07 bits per heavy atom. The van der Waals surface area contributed by atoms with Gasteiger partial charge in [0, 0.05) is 17.5 Å². The zero-order valence-corrected chi connectivity index (χ0v) is 18.4. The van der Waals surface area contributed by atoms with Crippen LogP contribution in [0.2, 0.25) is 0 Å². The summed E-state index contributed by atoms with van der Waals surface area (Å²) in [7, 11) is 0. The number of fused-ring (bicyclic) bond motifs is 3. The van der Waals surface area contributed by atoms with Crippen LogP contribution in [0.5, 0.6) is 0 Å². The zero-order valence-electron chi connectivity index (χ0n) is 16.8. The summed E-state index contributed by atoms with van der Waals surface area (Å²) in [6.07, 6.45) is 9.89. The minimum absolute atomic E-state index is 0.0583. The van der Waals surface area contributed by atoms with E-state index in [4.69, 9.17) is 4.98 Å². The summed E-state index contributed by atoms with van der Waals surface area (Å²) < 4.78 is 1.79. The summed E-state index contributed by atoms with van der Waals surface area (Å²) in [6, 6.07) is 0.304. The predicted molar refractivity (Wildman–Crippen MR) is 117 cm³/mol. The van der Waals surface area contributed by atoms with Crippen LogP contribution in [0.15, 0.2) is 9.95 Å². The van der Waals surface area contributed by atoms with E-state index in [1.54, 1.807) is 15.9 Å². The first-order valence-corrected chi connectivity index (χ1v) is 12.3. The Bertz CT molecular complexity index is 928. The Labute approximate surface area is 174 Å². The average molecular weight is 420 g/mol. The maximum Gasteiger partial charge on any atom is 0.263 e. The third-order valence-corrected chi connectivity index (χ3v) is 8.12. The molecule has 2 aromatic heterocycles. The van der Waals surface area contributed by atoms with Gasteiger partial charge in [-0.1, -0.05) is 37.9 Å². The molecule has 0 radical (unpaired) electrons. The fraction of sp³-hybridized carbons (Fsp3) is 0.667. The van der Waals surface area contributed by atoms with E-state index in [-0.39, 0.29) is 16.7 Å². The van der Waals surface area contributed by atoms with Crippen LogP contribution in [-0.2, 0) is 24.2 Å². The van der Waals surface area contributed by atoms with Crippen LogP contribution in [0, 0.1) is 0 Å². The number of nitrogens with one attached hydrogen (secondary N) is 1. The van der Waals surface area contributed by atoms with Gasteiger partial charge in [-0.3, -0.25) is 14.2 Å². The first kappa shape index (κ1) is 20.0. The van der Waals surface area contributed by atoms with Gasteiger partial charge >= 0.3 is 0 Å². The molecular weight excluding hydrogens is 390 g/mol. The number of thiophene rings is 1. The molecule has 1 unspecified atom stereocenters. The van der Waals surface area contributed by atoms with E-state index in [1.165, 1.54) is 41.5 Å². The molecular formula is C21H29N3O2S2. The van der Waals surface area contributed by atoms with Crippen molar-refractivity contribution in [3.8, 4) is 0 Å². The number of carbonyl (C=O) groups is 1. The topological polar surface area (TPSA) is 64.0 Å². The van der Waals surface area contributed by atoms with Gasteiger partial charge in [-0.15, -0.1) is 11.3 Å².